The number of ether oxygens (including phenoxy) is 1. The molecule has 2 rings (SSSR count). The van der Waals surface area contributed by atoms with E-state index in [1.165, 1.54) is 12.1 Å². The Labute approximate surface area is 122 Å². The van der Waals surface area contributed by atoms with Gasteiger partial charge in [-0.15, -0.1) is 0 Å². The maximum atomic E-state index is 12.0. The van der Waals surface area contributed by atoms with Crippen molar-refractivity contribution in [2.45, 2.75) is 25.4 Å². The molecule has 6 heteroatoms. The molecule has 1 heterocycles. The number of hydrogen-bond donors (Lipinski definition) is 2. The summed E-state index contributed by atoms with van der Waals surface area (Å²) in [6.45, 7) is 1.36. The lowest BCUT2D eigenvalue weighted by atomic mass is 10.1. The monoisotopic (exact) mass is 302 g/mol. The van der Waals surface area contributed by atoms with E-state index in [-0.39, 0.29) is 22.1 Å². The lowest BCUT2D eigenvalue weighted by Gasteiger charge is -2.11. The van der Waals surface area contributed by atoms with Crippen LogP contribution < -0.4 is 11.1 Å². The third-order valence-electron chi connectivity index (χ3n) is 3.07. The number of anilines is 1. The van der Waals surface area contributed by atoms with Crippen molar-refractivity contribution in [2.24, 2.45) is 0 Å². The van der Waals surface area contributed by atoms with Crippen LogP contribution in [0.1, 0.15) is 29.6 Å². The van der Waals surface area contributed by atoms with E-state index < -0.39 is 0 Å². The van der Waals surface area contributed by atoms with Crippen LogP contribution >= 0.6 is 23.2 Å². The molecular formula is C13H16Cl2N2O2. The maximum absolute atomic E-state index is 12.0. The van der Waals surface area contributed by atoms with E-state index in [0.29, 0.717) is 17.8 Å². The van der Waals surface area contributed by atoms with Gasteiger partial charge in [0, 0.05) is 18.8 Å². The van der Waals surface area contributed by atoms with E-state index in [1.54, 1.807) is 0 Å². The van der Waals surface area contributed by atoms with Gasteiger partial charge in [0.1, 0.15) is 0 Å². The SMILES string of the molecule is Nc1cc(Cl)c(Cl)c(C(=O)NCCC2CCCO2)c1. The molecule has 0 spiro atoms. The van der Waals surface area contributed by atoms with Gasteiger partial charge in [0.05, 0.1) is 21.7 Å². The molecule has 0 bridgehead atoms. The molecule has 1 aromatic rings. The average molecular weight is 303 g/mol. The highest BCUT2D eigenvalue weighted by Gasteiger charge is 2.17. The first-order chi connectivity index (χ1) is 9.08. The molecule has 3 N–H and O–H groups in total. The second-order valence-electron chi connectivity index (χ2n) is 4.54. The van der Waals surface area contributed by atoms with Gasteiger partial charge in [-0.2, -0.15) is 0 Å². The summed E-state index contributed by atoms with van der Waals surface area (Å²) >= 11 is 11.9. The van der Waals surface area contributed by atoms with Gasteiger partial charge in [0.25, 0.3) is 5.91 Å². The zero-order chi connectivity index (χ0) is 13.8. The predicted molar refractivity (Wildman–Crippen MR) is 76.8 cm³/mol. The summed E-state index contributed by atoms with van der Waals surface area (Å²) in [6.07, 6.45) is 3.20. The number of carbonyl (C=O) groups excluding carboxylic acids is 1. The van der Waals surface area contributed by atoms with Crippen LogP contribution in [-0.4, -0.2) is 25.2 Å². The van der Waals surface area contributed by atoms with Crippen LogP contribution in [-0.2, 0) is 4.74 Å². The van der Waals surface area contributed by atoms with Crippen molar-refractivity contribution >= 4 is 34.8 Å². The van der Waals surface area contributed by atoms with Crippen LogP contribution in [0.25, 0.3) is 0 Å². The molecule has 0 aliphatic carbocycles. The Morgan fingerprint density at radius 3 is 2.95 bits per heavy atom. The molecule has 1 saturated heterocycles. The normalized spacial score (nSPS) is 18.5. The van der Waals surface area contributed by atoms with E-state index in [0.717, 1.165) is 25.9 Å². The number of nitrogen functional groups attached to an aromatic ring is 1. The predicted octanol–water partition coefficient (Wildman–Crippen LogP) is 2.87. The minimum atomic E-state index is -0.266. The van der Waals surface area contributed by atoms with E-state index in [1.807, 2.05) is 0 Å². The van der Waals surface area contributed by atoms with Gasteiger partial charge in [-0.1, -0.05) is 23.2 Å². The quantitative estimate of drug-likeness (QED) is 0.841. The standard InChI is InChI=1S/C13H16Cl2N2O2/c14-11-7-8(16)6-10(12(11)15)13(18)17-4-3-9-2-1-5-19-9/h6-7,9H,1-5,16H2,(H,17,18). The van der Waals surface area contributed by atoms with E-state index >= 15 is 0 Å². The Balaban J connectivity index is 1.92. The molecular weight excluding hydrogens is 287 g/mol. The zero-order valence-electron chi connectivity index (χ0n) is 10.4. The maximum Gasteiger partial charge on any atom is 0.252 e. The summed E-state index contributed by atoms with van der Waals surface area (Å²) in [6, 6.07) is 3.04. The first kappa shape index (κ1) is 14.4. The van der Waals surface area contributed by atoms with Gasteiger partial charge < -0.3 is 15.8 Å². The van der Waals surface area contributed by atoms with Crippen molar-refractivity contribution in [1.29, 1.82) is 0 Å². The molecule has 1 fully saturated rings. The highest BCUT2D eigenvalue weighted by Crippen LogP contribution is 2.28. The molecule has 1 amide bonds. The molecule has 1 unspecified atom stereocenters. The summed E-state index contributed by atoms with van der Waals surface area (Å²) in [5, 5.41) is 3.31. The van der Waals surface area contributed by atoms with Gasteiger partial charge in [-0.25, -0.2) is 0 Å². The van der Waals surface area contributed by atoms with Crippen molar-refractivity contribution in [3.63, 3.8) is 0 Å². The van der Waals surface area contributed by atoms with Crippen LogP contribution in [0.3, 0.4) is 0 Å². The Kier molecular flexibility index (Phi) is 4.91. The summed E-state index contributed by atoms with van der Waals surface area (Å²) < 4.78 is 5.48. The van der Waals surface area contributed by atoms with Crippen molar-refractivity contribution in [3.05, 3.63) is 27.7 Å². The number of nitrogens with two attached hydrogens (primary N) is 1. The first-order valence-corrected chi connectivity index (χ1v) is 6.98. The van der Waals surface area contributed by atoms with Crippen molar-refractivity contribution in [2.75, 3.05) is 18.9 Å². The Morgan fingerprint density at radius 2 is 2.26 bits per heavy atom. The molecule has 1 atom stereocenters. The van der Waals surface area contributed by atoms with E-state index in [4.69, 9.17) is 33.7 Å². The molecule has 19 heavy (non-hydrogen) atoms. The van der Waals surface area contributed by atoms with Gasteiger partial charge in [0.2, 0.25) is 0 Å². The Bertz CT molecular complexity index is 474. The third kappa shape index (κ3) is 3.75. The average Bonchev–Trinajstić information content (AvgIpc) is 2.86. The van der Waals surface area contributed by atoms with Crippen molar-refractivity contribution < 1.29 is 9.53 Å². The molecule has 1 aliphatic heterocycles. The van der Waals surface area contributed by atoms with Gasteiger partial charge in [-0.3, -0.25) is 4.79 Å². The summed E-state index contributed by atoms with van der Waals surface area (Å²) in [5.74, 6) is -0.266. The minimum Gasteiger partial charge on any atom is -0.399 e. The number of benzene rings is 1. The Morgan fingerprint density at radius 1 is 1.47 bits per heavy atom. The number of halogens is 2. The van der Waals surface area contributed by atoms with Crippen LogP contribution in [0.4, 0.5) is 5.69 Å². The number of amides is 1. The van der Waals surface area contributed by atoms with Crippen LogP contribution in [0.15, 0.2) is 12.1 Å². The summed E-state index contributed by atoms with van der Waals surface area (Å²) in [7, 11) is 0. The van der Waals surface area contributed by atoms with Crippen molar-refractivity contribution in [3.8, 4) is 0 Å². The lowest BCUT2D eigenvalue weighted by molar-refractivity contribution is 0.0907. The zero-order valence-corrected chi connectivity index (χ0v) is 11.9. The minimum absolute atomic E-state index is 0.227. The Hall–Kier alpha value is -0.970. The topological polar surface area (TPSA) is 64.4 Å². The highest BCUT2D eigenvalue weighted by atomic mass is 35.5. The van der Waals surface area contributed by atoms with Gasteiger partial charge >= 0.3 is 0 Å². The number of hydrogen-bond acceptors (Lipinski definition) is 3. The number of rotatable bonds is 4. The lowest BCUT2D eigenvalue weighted by Crippen LogP contribution is -2.27. The highest BCUT2D eigenvalue weighted by molar-refractivity contribution is 6.44. The second kappa shape index (κ2) is 6.46. The fourth-order valence-corrected chi connectivity index (χ4v) is 2.51. The number of nitrogens with one attached hydrogen (secondary N) is 1. The molecule has 0 radical (unpaired) electrons. The van der Waals surface area contributed by atoms with Crippen LogP contribution in [0.2, 0.25) is 10.0 Å². The smallest absolute Gasteiger partial charge is 0.252 e. The first-order valence-electron chi connectivity index (χ1n) is 6.22. The fourth-order valence-electron chi connectivity index (χ4n) is 2.09. The van der Waals surface area contributed by atoms with Gasteiger partial charge in [0.15, 0.2) is 0 Å². The van der Waals surface area contributed by atoms with E-state index in [2.05, 4.69) is 5.32 Å². The number of carbonyl (C=O) groups is 1. The molecule has 1 aliphatic rings. The summed E-state index contributed by atoms with van der Waals surface area (Å²) in [4.78, 5) is 12.0. The molecule has 4 nitrogen and oxygen atoms in total. The second-order valence-corrected chi connectivity index (χ2v) is 5.33. The van der Waals surface area contributed by atoms with Gasteiger partial charge in [-0.05, 0) is 31.4 Å². The fraction of sp³-hybridized carbons (Fsp3) is 0.462. The van der Waals surface area contributed by atoms with Crippen LogP contribution in [0.5, 0.6) is 0 Å². The molecule has 0 aromatic heterocycles. The molecule has 104 valence electrons. The molecule has 0 saturated carbocycles. The van der Waals surface area contributed by atoms with Crippen molar-refractivity contribution in [1.82, 2.24) is 5.32 Å². The third-order valence-corrected chi connectivity index (χ3v) is 3.87. The van der Waals surface area contributed by atoms with Crippen LogP contribution in [0, 0.1) is 0 Å². The molecule has 1 aromatic carbocycles. The summed E-state index contributed by atoms with van der Waals surface area (Å²) in [5.41, 5.74) is 6.37. The van der Waals surface area contributed by atoms with E-state index in [9.17, 15) is 4.79 Å². The largest absolute Gasteiger partial charge is 0.399 e.